The van der Waals surface area contributed by atoms with Crippen molar-refractivity contribution < 1.29 is 17.9 Å². The quantitative estimate of drug-likeness (QED) is 0.296. The SMILES string of the molecule is C=C[C@@H]([C@@H](C/C=C/CS(=O)(=O)c1ccc(C)cc1)C(=O)OC)[Si](C)(C)c1ccccc1. The Hall–Kier alpha value is -2.44. The number of rotatable bonds is 10. The summed E-state index contributed by atoms with van der Waals surface area (Å²) in [6.45, 7) is 10.4. The molecular weight excluding hydrogens is 424 g/mol. The van der Waals surface area contributed by atoms with E-state index in [0.717, 1.165) is 5.56 Å². The Morgan fingerprint density at radius 2 is 1.68 bits per heavy atom. The summed E-state index contributed by atoms with van der Waals surface area (Å²) in [5.74, 6) is -0.822. The average molecular weight is 457 g/mol. The number of benzene rings is 2. The minimum absolute atomic E-state index is 0.0549. The van der Waals surface area contributed by atoms with Gasteiger partial charge in [0, 0.05) is 0 Å². The van der Waals surface area contributed by atoms with Gasteiger partial charge in [0.2, 0.25) is 0 Å². The first-order valence-corrected chi connectivity index (χ1v) is 15.1. The van der Waals surface area contributed by atoms with Gasteiger partial charge in [-0.05, 0) is 31.0 Å². The van der Waals surface area contributed by atoms with E-state index in [9.17, 15) is 13.2 Å². The maximum absolute atomic E-state index is 12.6. The molecule has 166 valence electrons. The molecule has 4 nitrogen and oxygen atoms in total. The predicted molar refractivity (Wildman–Crippen MR) is 130 cm³/mol. The van der Waals surface area contributed by atoms with E-state index in [0.29, 0.717) is 11.3 Å². The van der Waals surface area contributed by atoms with E-state index in [2.05, 4.69) is 31.8 Å². The Balaban J connectivity index is 2.20. The van der Waals surface area contributed by atoms with Crippen LogP contribution in [0.4, 0.5) is 0 Å². The van der Waals surface area contributed by atoms with Crippen molar-refractivity contribution in [2.75, 3.05) is 12.9 Å². The normalized spacial score (nSPS) is 14.2. The largest absolute Gasteiger partial charge is 0.469 e. The lowest BCUT2D eigenvalue weighted by atomic mass is 10.0. The van der Waals surface area contributed by atoms with Crippen LogP contribution in [0.1, 0.15) is 12.0 Å². The van der Waals surface area contributed by atoms with Crippen LogP contribution in [0.2, 0.25) is 18.6 Å². The zero-order valence-electron chi connectivity index (χ0n) is 18.7. The lowest BCUT2D eigenvalue weighted by Gasteiger charge is -2.35. The van der Waals surface area contributed by atoms with Gasteiger partial charge in [-0.2, -0.15) is 0 Å². The van der Waals surface area contributed by atoms with E-state index < -0.39 is 23.8 Å². The smallest absolute Gasteiger partial charge is 0.309 e. The molecule has 0 aromatic heterocycles. The van der Waals surface area contributed by atoms with Crippen molar-refractivity contribution >= 4 is 29.1 Å². The lowest BCUT2D eigenvalue weighted by Crippen LogP contribution is -2.49. The third-order valence-corrected chi connectivity index (χ3v) is 11.5. The van der Waals surface area contributed by atoms with E-state index in [4.69, 9.17) is 4.74 Å². The van der Waals surface area contributed by atoms with E-state index in [-0.39, 0.29) is 17.3 Å². The van der Waals surface area contributed by atoms with Crippen molar-refractivity contribution in [3.05, 3.63) is 85.0 Å². The van der Waals surface area contributed by atoms with E-state index in [1.165, 1.54) is 12.3 Å². The van der Waals surface area contributed by atoms with Gasteiger partial charge in [0.25, 0.3) is 0 Å². The van der Waals surface area contributed by atoms with Crippen LogP contribution in [0.25, 0.3) is 0 Å². The Bertz CT molecular complexity index is 1010. The topological polar surface area (TPSA) is 60.4 Å². The number of methoxy groups -OCH3 is 1. The Labute approximate surface area is 187 Å². The molecule has 0 aliphatic carbocycles. The van der Waals surface area contributed by atoms with Crippen LogP contribution in [0.5, 0.6) is 0 Å². The van der Waals surface area contributed by atoms with Gasteiger partial charge in [-0.3, -0.25) is 4.79 Å². The molecular formula is C25H32O4SSi. The first-order chi connectivity index (χ1) is 14.6. The number of sulfone groups is 1. The number of allylic oxidation sites excluding steroid dienone is 2. The molecule has 0 saturated carbocycles. The molecule has 0 fully saturated rings. The molecule has 2 rings (SSSR count). The van der Waals surface area contributed by atoms with Crippen molar-refractivity contribution in [3.63, 3.8) is 0 Å². The molecule has 0 bridgehead atoms. The van der Waals surface area contributed by atoms with Crippen molar-refractivity contribution in [1.82, 2.24) is 0 Å². The highest BCUT2D eigenvalue weighted by atomic mass is 32.2. The summed E-state index contributed by atoms with van der Waals surface area (Å²) in [6, 6.07) is 17.0. The van der Waals surface area contributed by atoms with Crippen molar-refractivity contribution in [3.8, 4) is 0 Å². The summed E-state index contributed by atoms with van der Waals surface area (Å²) < 4.78 is 30.2. The molecule has 2 aromatic carbocycles. The van der Waals surface area contributed by atoms with Crippen LogP contribution in [-0.2, 0) is 19.4 Å². The summed E-state index contributed by atoms with van der Waals surface area (Å²) in [7, 11) is -4.10. The zero-order valence-corrected chi connectivity index (χ0v) is 20.6. The number of carbonyl (C=O) groups excluding carboxylic acids is 1. The van der Waals surface area contributed by atoms with Crippen molar-refractivity contribution in [1.29, 1.82) is 0 Å². The molecule has 0 spiro atoms. The summed E-state index contributed by atoms with van der Waals surface area (Å²) >= 11 is 0. The molecule has 0 N–H and O–H groups in total. The molecule has 0 radical (unpaired) electrons. The molecule has 0 heterocycles. The lowest BCUT2D eigenvalue weighted by molar-refractivity contribution is -0.145. The number of esters is 1. The highest BCUT2D eigenvalue weighted by molar-refractivity contribution is 7.91. The second-order valence-corrected chi connectivity index (χ2v) is 15.0. The molecule has 0 saturated heterocycles. The summed E-state index contributed by atoms with van der Waals surface area (Å²) in [6.07, 6.45) is 5.66. The first-order valence-electron chi connectivity index (χ1n) is 10.3. The van der Waals surface area contributed by atoms with Gasteiger partial charge >= 0.3 is 5.97 Å². The van der Waals surface area contributed by atoms with E-state index >= 15 is 0 Å². The minimum atomic E-state index is -3.41. The third-order valence-electron chi connectivity index (χ3n) is 5.79. The molecule has 0 aliphatic heterocycles. The van der Waals surface area contributed by atoms with E-state index in [1.54, 1.807) is 36.4 Å². The fourth-order valence-corrected chi connectivity index (χ4v) is 8.28. The minimum Gasteiger partial charge on any atom is -0.469 e. The van der Waals surface area contributed by atoms with Gasteiger partial charge in [-0.1, -0.05) is 84.5 Å². The van der Waals surface area contributed by atoms with Crippen LogP contribution in [0.15, 0.2) is 84.3 Å². The van der Waals surface area contributed by atoms with Crippen LogP contribution in [0, 0.1) is 12.8 Å². The molecule has 31 heavy (non-hydrogen) atoms. The maximum atomic E-state index is 12.6. The van der Waals surface area contributed by atoms with Crippen molar-refractivity contribution in [2.45, 2.75) is 36.9 Å². The fourth-order valence-electron chi connectivity index (χ4n) is 3.84. The van der Waals surface area contributed by atoms with Gasteiger partial charge in [0.1, 0.15) is 0 Å². The first kappa shape index (κ1) is 24.8. The van der Waals surface area contributed by atoms with Crippen LogP contribution in [0.3, 0.4) is 0 Å². The standard InChI is InChI=1S/C25H32O4SSi/c1-6-24(31(4,5)22-12-8-7-9-13-22)23(25(26)29-3)14-10-11-19-30(27,28)21-17-15-20(2)16-18-21/h6-13,15-18,23-24H,1,14,19H2,2-5H3/b11-10+/t23-,24+/m1/s1. The number of hydrogen-bond acceptors (Lipinski definition) is 4. The fraction of sp³-hybridized carbons (Fsp3) is 0.320. The van der Waals surface area contributed by atoms with Gasteiger partial charge in [0.15, 0.2) is 9.84 Å². The maximum Gasteiger partial charge on any atom is 0.309 e. The molecule has 2 atom stereocenters. The second-order valence-electron chi connectivity index (χ2n) is 8.28. The summed E-state index contributed by atoms with van der Waals surface area (Å²) in [5, 5.41) is 1.24. The average Bonchev–Trinajstić information content (AvgIpc) is 2.76. The van der Waals surface area contributed by atoms with Crippen LogP contribution in [-0.4, -0.2) is 35.3 Å². The van der Waals surface area contributed by atoms with Crippen LogP contribution >= 0.6 is 0 Å². The van der Waals surface area contributed by atoms with Crippen LogP contribution < -0.4 is 5.19 Å². The summed E-state index contributed by atoms with van der Waals surface area (Å²) in [5.41, 5.74) is 0.955. The molecule has 2 aromatic rings. The number of hydrogen-bond donors (Lipinski definition) is 0. The van der Waals surface area contributed by atoms with Gasteiger partial charge in [-0.25, -0.2) is 8.42 Å². The molecule has 0 unspecified atom stereocenters. The zero-order chi connectivity index (χ0) is 23.1. The molecule has 0 amide bonds. The van der Waals surface area contributed by atoms with Crippen molar-refractivity contribution in [2.24, 2.45) is 5.92 Å². The monoisotopic (exact) mass is 456 g/mol. The highest BCUT2D eigenvalue weighted by Gasteiger charge is 2.40. The number of carbonyl (C=O) groups is 1. The molecule has 0 aliphatic rings. The van der Waals surface area contributed by atoms with Gasteiger partial charge in [0.05, 0.1) is 31.7 Å². The van der Waals surface area contributed by atoms with Gasteiger partial charge < -0.3 is 4.74 Å². The molecule has 6 heteroatoms. The summed E-state index contributed by atoms with van der Waals surface area (Å²) in [4.78, 5) is 12.9. The predicted octanol–water partition coefficient (Wildman–Crippen LogP) is 4.68. The Kier molecular flexibility index (Phi) is 8.59. The number of aryl methyl sites for hydroxylation is 1. The van der Waals surface area contributed by atoms with Gasteiger partial charge in [-0.15, -0.1) is 6.58 Å². The second kappa shape index (κ2) is 10.7. The third kappa shape index (κ3) is 6.28. The number of ether oxygens (including phenoxy) is 1. The Morgan fingerprint density at radius 1 is 1.06 bits per heavy atom. The Morgan fingerprint density at radius 3 is 2.23 bits per heavy atom. The highest BCUT2D eigenvalue weighted by Crippen LogP contribution is 2.34. The van der Waals surface area contributed by atoms with E-state index in [1.807, 2.05) is 31.2 Å².